The van der Waals surface area contributed by atoms with Gasteiger partial charge in [-0.1, -0.05) is 36.2 Å². The van der Waals surface area contributed by atoms with Gasteiger partial charge >= 0.3 is 0 Å². The van der Waals surface area contributed by atoms with E-state index in [0.717, 1.165) is 12.8 Å². The van der Waals surface area contributed by atoms with Crippen molar-refractivity contribution in [3.8, 4) is 0 Å². The number of nitrogens with one attached hydrogen (secondary N) is 1. The molecule has 0 heterocycles. The number of benzene rings is 1. The maximum absolute atomic E-state index is 11.8. The van der Waals surface area contributed by atoms with E-state index in [9.17, 15) is 4.79 Å². The zero-order valence-electron chi connectivity index (χ0n) is 10.4. The Kier molecular flexibility index (Phi) is 6.47. The molecule has 1 unspecified atom stereocenters. The Hall–Kier alpha value is -0.770. The normalized spacial score (nSPS) is 12.2. The fourth-order valence-corrected chi connectivity index (χ4v) is 2.12. The van der Waals surface area contributed by atoms with Crippen LogP contribution < -0.4 is 11.1 Å². The predicted octanol–water partition coefficient (Wildman–Crippen LogP) is 3.70. The van der Waals surface area contributed by atoms with E-state index in [1.165, 1.54) is 0 Å². The first-order valence-corrected chi connectivity index (χ1v) is 6.74. The van der Waals surface area contributed by atoms with Crippen molar-refractivity contribution >= 4 is 34.8 Å². The van der Waals surface area contributed by atoms with Crippen LogP contribution in [0.25, 0.3) is 0 Å². The monoisotopic (exact) mass is 288 g/mol. The first kappa shape index (κ1) is 15.3. The quantitative estimate of drug-likeness (QED) is 0.839. The Morgan fingerprint density at radius 3 is 2.50 bits per heavy atom. The number of hydrogen-bond acceptors (Lipinski definition) is 2. The molecule has 0 aliphatic carbocycles. The zero-order valence-corrected chi connectivity index (χ0v) is 11.9. The van der Waals surface area contributed by atoms with E-state index in [0.29, 0.717) is 34.6 Å². The highest BCUT2D eigenvalue weighted by atomic mass is 35.5. The zero-order chi connectivity index (χ0) is 13.5. The molecule has 0 saturated carbocycles. The molecular formula is C13H18Cl2N2O. The molecule has 5 heteroatoms. The molecule has 1 aromatic rings. The third-order valence-electron chi connectivity index (χ3n) is 2.75. The number of anilines is 1. The molecule has 1 atom stereocenters. The average molecular weight is 289 g/mol. The molecule has 1 rings (SSSR count). The summed E-state index contributed by atoms with van der Waals surface area (Å²) in [5.41, 5.74) is 5.95. The minimum atomic E-state index is -0.0751. The number of para-hydroxylation sites is 1. The summed E-state index contributed by atoms with van der Waals surface area (Å²) in [6.07, 6.45) is 2.19. The molecule has 0 bridgehead atoms. The Balaban J connectivity index is 2.50. The van der Waals surface area contributed by atoms with E-state index in [2.05, 4.69) is 12.2 Å². The molecule has 0 fully saturated rings. The molecule has 1 aromatic carbocycles. The largest absolute Gasteiger partial charge is 0.330 e. The van der Waals surface area contributed by atoms with Crippen LogP contribution in [0.1, 0.15) is 26.2 Å². The van der Waals surface area contributed by atoms with E-state index in [1.807, 2.05) is 0 Å². The van der Waals surface area contributed by atoms with Crippen molar-refractivity contribution in [1.82, 2.24) is 0 Å². The fourth-order valence-electron chi connectivity index (χ4n) is 1.63. The standard InChI is InChI=1S/C13H18Cl2N2O/c1-9(7-8-16)5-6-12(18)17-13-10(14)3-2-4-11(13)15/h2-4,9H,5-8,16H2,1H3,(H,17,18). The summed E-state index contributed by atoms with van der Waals surface area (Å²) >= 11 is 11.9. The van der Waals surface area contributed by atoms with Gasteiger partial charge < -0.3 is 11.1 Å². The Labute approximate surface area is 118 Å². The second kappa shape index (κ2) is 7.62. The van der Waals surface area contributed by atoms with Gasteiger partial charge in [0, 0.05) is 6.42 Å². The van der Waals surface area contributed by atoms with E-state index < -0.39 is 0 Å². The molecule has 0 radical (unpaired) electrons. The first-order chi connectivity index (χ1) is 8.54. The second-order valence-electron chi connectivity index (χ2n) is 4.37. The SMILES string of the molecule is CC(CCN)CCC(=O)Nc1c(Cl)cccc1Cl. The highest BCUT2D eigenvalue weighted by Gasteiger charge is 2.10. The maximum atomic E-state index is 11.8. The van der Waals surface area contributed by atoms with Crippen LogP contribution in [-0.4, -0.2) is 12.5 Å². The highest BCUT2D eigenvalue weighted by Crippen LogP contribution is 2.30. The van der Waals surface area contributed by atoms with Crippen LogP contribution in [-0.2, 0) is 4.79 Å². The van der Waals surface area contributed by atoms with Gasteiger partial charge in [-0.15, -0.1) is 0 Å². The predicted molar refractivity (Wildman–Crippen MR) is 77.2 cm³/mol. The highest BCUT2D eigenvalue weighted by molar-refractivity contribution is 6.39. The minimum absolute atomic E-state index is 0.0751. The Morgan fingerprint density at radius 1 is 1.33 bits per heavy atom. The third-order valence-corrected chi connectivity index (χ3v) is 3.38. The fraction of sp³-hybridized carbons (Fsp3) is 0.462. The van der Waals surface area contributed by atoms with Crippen LogP contribution in [0, 0.1) is 5.92 Å². The smallest absolute Gasteiger partial charge is 0.224 e. The number of carbonyl (C=O) groups is 1. The van der Waals surface area contributed by atoms with E-state index in [1.54, 1.807) is 18.2 Å². The molecule has 3 nitrogen and oxygen atoms in total. The van der Waals surface area contributed by atoms with Crippen LogP contribution in [0.3, 0.4) is 0 Å². The van der Waals surface area contributed by atoms with Gasteiger partial charge in [-0.25, -0.2) is 0 Å². The number of halogens is 2. The number of carbonyl (C=O) groups excluding carboxylic acids is 1. The van der Waals surface area contributed by atoms with Crippen molar-refractivity contribution in [2.24, 2.45) is 11.7 Å². The molecule has 100 valence electrons. The summed E-state index contributed by atoms with van der Waals surface area (Å²) in [5, 5.41) is 3.64. The molecule has 3 N–H and O–H groups in total. The summed E-state index contributed by atoms with van der Waals surface area (Å²) in [5.74, 6) is 0.372. The maximum Gasteiger partial charge on any atom is 0.224 e. The van der Waals surface area contributed by atoms with Crippen molar-refractivity contribution in [2.75, 3.05) is 11.9 Å². The van der Waals surface area contributed by atoms with E-state index >= 15 is 0 Å². The Morgan fingerprint density at radius 2 is 1.94 bits per heavy atom. The lowest BCUT2D eigenvalue weighted by molar-refractivity contribution is -0.116. The van der Waals surface area contributed by atoms with Gasteiger partial charge in [-0.3, -0.25) is 4.79 Å². The van der Waals surface area contributed by atoms with Crippen molar-refractivity contribution in [3.63, 3.8) is 0 Å². The van der Waals surface area contributed by atoms with Crippen LogP contribution >= 0.6 is 23.2 Å². The van der Waals surface area contributed by atoms with Gasteiger partial charge in [-0.05, 0) is 37.4 Å². The molecular weight excluding hydrogens is 271 g/mol. The molecule has 0 aromatic heterocycles. The number of hydrogen-bond donors (Lipinski definition) is 2. The molecule has 0 aliphatic heterocycles. The van der Waals surface area contributed by atoms with E-state index in [-0.39, 0.29) is 5.91 Å². The van der Waals surface area contributed by atoms with Crippen LogP contribution in [0.4, 0.5) is 5.69 Å². The number of nitrogens with two attached hydrogens (primary N) is 1. The van der Waals surface area contributed by atoms with Gasteiger partial charge in [0.15, 0.2) is 0 Å². The summed E-state index contributed by atoms with van der Waals surface area (Å²) in [7, 11) is 0. The third kappa shape index (κ3) is 4.84. The molecule has 1 amide bonds. The molecule has 0 spiro atoms. The summed E-state index contributed by atoms with van der Waals surface area (Å²) in [6.45, 7) is 2.74. The van der Waals surface area contributed by atoms with Gasteiger partial charge in [-0.2, -0.15) is 0 Å². The Bertz CT molecular complexity index is 390. The van der Waals surface area contributed by atoms with E-state index in [4.69, 9.17) is 28.9 Å². The van der Waals surface area contributed by atoms with Crippen molar-refractivity contribution in [2.45, 2.75) is 26.2 Å². The first-order valence-electron chi connectivity index (χ1n) is 5.98. The number of rotatable bonds is 6. The topological polar surface area (TPSA) is 55.1 Å². The summed E-state index contributed by atoms with van der Waals surface area (Å²) in [6, 6.07) is 5.13. The molecule has 18 heavy (non-hydrogen) atoms. The minimum Gasteiger partial charge on any atom is -0.330 e. The van der Waals surface area contributed by atoms with Crippen LogP contribution in [0.2, 0.25) is 10.0 Å². The van der Waals surface area contributed by atoms with Gasteiger partial charge in [0.2, 0.25) is 5.91 Å². The number of amides is 1. The average Bonchev–Trinajstić information content (AvgIpc) is 2.32. The lowest BCUT2D eigenvalue weighted by Gasteiger charge is -2.11. The lowest BCUT2D eigenvalue weighted by Crippen LogP contribution is -2.14. The van der Waals surface area contributed by atoms with Gasteiger partial charge in [0.1, 0.15) is 0 Å². The van der Waals surface area contributed by atoms with Gasteiger partial charge in [0.25, 0.3) is 0 Å². The molecule has 0 saturated heterocycles. The summed E-state index contributed by atoms with van der Waals surface area (Å²) < 4.78 is 0. The van der Waals surface area contributed by atoms with Crippen molar-refractivity contribution in [1.29, 1.82) is 0 Å². The van der Waals surface area contributed by atoms with Crippen LogP contribution in [0.15, 0.2) is 18.2 Å². The summed E-state index contributed by atoms with van der Waals surface area (Å²) in [4.78, 5) is 11.8. The van der Waals surface area contributed by atoms with Crippen molar-refractivity contribution in [3.05, 3.63) is 28.2 Å². The lowest BCUT2D eigenvalue weighted by atomic mass is 10.0. The van der Waals surface area contributed by atoms with Gasteiger partial charge in [0.05, 0.1) is 15.7 Å². The molecule has 0 aliphatic rings. The second-order valence-corrected chi connectivity index (χ2v) is 5.18. The van der Waals surface area contributed by atoms with Crippen molar-refractivity contribution < 1.29 is 4.79 Å². The van der Waals surface area contributed by atoms with Crippen LogP contribution in [0.5, 0.6) is 0 Å².